The summed E-state index contributed by atoms with van der Waals surface area (Å²) in [5, 5.41) is 12.8. The Kier molecular flexibility index (Phi) is 9.23. The summed E-state index contributed by atoms with van der Waals surface area (Å²) in [4.78, 5) is 0. The summed E-state index contributed by atoms with van der Waals surface area (Å²) in [6.07, 6.45) is 0. The molecule has 0 saturated heterocycles. The lowest BCUT2D eigenvalue weighted by atomic mass is 10.0. The third-order valence-corrected chi connectivity index (χ3v) is 19.5. The molecule has 70 heavy (non-hydrogen) atoms. The third kappa shape index (κ3) is 5.94. The summed E-state index contributed by atoms with van der Waals surface area (Å²) in [6.45, 7) is 0. The van der Waals surface area contributed by atoms with Crippen molar-refractivity contribution in [3.63, 3.8) is 0 Å². The van der Waals surface area contributed by atoms with Gasteiger partial charge in [-0.2, -0.15) is 0 Å². The van der Waals surface area contributed by atoms with Gasteiger partial charge in [-0.3, -0.25) is 0 Å². The van der Waals surface area contributed by atoms with E-state index in [1.165, 1.54) is 103 Å². The average Bonchev–Trinajstić information content (AvgIpc) is 4.08. The molecule has 0 aliphatic carbocycles. The molecule has 3 heterocycles. The second-order valence-corrected chi connectivity index (χ2v) is 22.2. The first-order valence-electron chi connectivity index (χ1n) is 24.2. The van der Waals surface area contributed by atoms with Crippen LogP contribution in [0.2, 0.25) is 0 Å². The summed E-state index contributed by atoms with van der Waals surface area (Å²) in [7, 11) is -2.80. The van der Waals surface area contributed by atoms with E-state index >= 15 is 0 Å². The molecule has 3 aromatic heterocycles. The molecule has 0 aliphatic rings. The number of aromatic nitrogens is 3. The number of rotatable bonds is 8. The van der Waals surface area contributed by atoms with Crippen LogP contribution < -0.4 is 20.7 Å². The molecular formula is C66H45N3Si. The van der Waals surface area contributed by atoms with Crippen LogP contribution in [0.25, 0.3) is 93.6 Å². The van der Waals surface area contributed by atoms with E-state index in [4.69, 9.17) is 0 Å². The molecule has 0 aliphatic heterocycles. The van der Waals surface area contributed by atoms with Crippen LogP contribution in [-0.2, 0) is 0 Å². The van der Waals surface area contributed by atoms with Gasteiger partial charge in [-0.15, -0.1) is 0 Å². The number of fused-ring (bicyclic) bond motifs is 9. The van der Waals surface area contributed by atoms with Gasteiger partial charge in [-0.1, -0.05) is 206 Å². The second-order valence-electron chi connectivity index (χ2n) is 18.4. The Labute approximate surface area is 407 Å². The summed E-state index contributed by atoms with van der Waals surface area (Å²) in [5.41, 5.74) is 13.0. The molecule has 0 unspecified atom stereocenters. The Morgan fingerprint density at radius 2 is 0.629 bits per heavy atom. The predicted molar refractivity (Wildman–Crippen MR) is 299 cm³/mol. The van der Waals surface area contributed by atoms with Gasteiger partial charge in [0.1, 0.15) is 0 Å². The molecule has 0 saturated carbocycles. The number of para-hydroxylation sites is 3. The summed E-state index contributed by atoms with van der Waals surface area (Å²) >= 11 is 0. The first-order chi connectivity index (χ1) is 34.8. The second kappa shape index (κ2) is 16.1. The smallest absolute Gasteiger partial charge is 0.179 e. The van der Waals surface area contributed by atoms with E-state index in [9.17, 15) is 0 Å². The zero-order chi connectivity index (χ0) is 46.2. The van der Waals surface area contributed by atoms with Gasteiger partial charge in [-0.25, -0.2) is 0 Å². The van der Waals surface area contributed by atoms with Crippen molar-refractivity contribution in [1.82, 2.24) is 13.7 Å². The highest BCUT2D eigenvalue weighted by molar-refractivity contribution is 7.19. The molecule has 14 rings (SSSR count). The van der Waals surface area contributed by atoms with Crippen LogP contribution in [0.1, 0.15) is 0 Å². The first kappa shape index (κ1) is 40.1. The van der Waals surface area contributed by atoms with Gasteiger partial charge in [0.25, 0.3) is 0 Å². The minimum absolute atomic E-state index is 1.15. The molecule has 11 aromatic carbocycles. The Hall–Kier alpha value is -8.96. The molecule has 14 aromatic rings. The SMILES string of the molecule is c1ccc(-c2ccc3c(c2)c2ccccc2n3-c2cccc3c2c2ccccc2n3-c2cccc3c2c2ccccc2n3-c2cccc([Si](c3ccccc3)(c3ccccc3)c3ccccc3)c2)cc1. The van der Waals surface area contributed by atoms with Crippen molar-refractivity contribution in [2.75, 3.05) is 0 Å². The Morgan fingerprint density at radius 3 is 1.20 bits per heavy atom. The van der Waals surface area contributed by atoms with Gasteiger partial charge in [0.2, 0.25) is 0 Å². The summed E-state index contributed by atoms with van der Waals surface area (Å²) in [6, 6.07) is 101. The van der Waals surface area contributed by atoms with Gasteiger partial charge >= 0.3 is 0 Å². The third-order valence-electron chi connectivity index (χ3n) is 14.8. The Bertz CT molecular complexity index is 4180. The van der Waals surface area contributed by atoms with Gasteiger partial charge < -0.3 is 13.7 Å². The zero-order valence-corrected chi connectivity index (χ0v) is 39.3. The van der Waals surface area contributed by atoms with Crippen molar-refractivity contribution in [1.29, 1.82) is 0 Å². The van der Waals surface area contributed by atoms with Crippen LogP contribution in [0.15, 0.2) is 273 Å². The fraction of sp³-hybridized carbons (Fsp3) is 0. The van der Waals surface area contributed by atoms with E-state index in [1.54, 1.807) is 0 Å². The minimum Gasteiger partial charge on any atom is -0.309 e. The Morgan fingerprint density at radius 1 is 0.229 bits per heavy atom. The largest absolute Gasteiger partial charge is 0.309 e. The molecule has 0 fully saturated rings. The highest BCUT2D eigenvalue weighted by atomic mass is 28.3. The minimum atomic E-state index is -2.80. The fourth-order valence-electron chi connectivity index (χ4n) is 11.9. The van der Waals surface area contributed by atoms with Crippen LogP contribution in [0.3, 0.4) is 0 Å². The highest BCUT2D eigenvalue weighted by Crippen LogP contribution is 2.43. The number of nitrogens with zero attached hydrogens (tertiary/aromatic N) is 3. The van der Waals surface area contributed by atoms with E-state index in [0.717, 1.165) is 11.4 Å². The average molecular weight is 908 g/mol. The van der Waals surface area contributed by atoms with Crippen molar-refractivity contribution in [2.24, 2.45) is 0 Å². The molecule has 0 N–H and O–H groups in total. The molecule has 4 heteroatoms. The summed E-state index contributed by atoms with van der Waals surface area (Å²) < 4.78 is 7.50. The number of hydrogen-bond acceptors (Lipinski definition) is 0. The molecule has 0 amide bonds. The molecule has 3 nitrogen and oxygen atoms in total. The van der Waals surface area contributed by atoms with Crippen LogP contribution in [0.5, 0.6) is 0 Å². The highest BCUT2D eigenvalue weighted by Gasteiger charge is 2.41. The molecular weight excluding hydrogens is 863 g/mol. The maximum atomic E-state index is 2.52. The Balaban J connectivity index is 1.01. The van der Waals surface area contributed by atoms with Crippen LogP contribution in [0.4, 0.5) is 0 Å². The van der Waals surface area contributed by atoms with E-state index in [2.05, 4.69) is 287 Å². The molecule has 0 bridgehead atoms. The van der Waals surface area contributed by atoms with Crippen LogP contribution in [0, 0.1) is 0 Å². The molecule has 0 radical (unpaired) electrons. The van der Waals surface area contributed by atoms with E-state index in [1.807, 2.05) is 0 Å². The van der Waals surface area contributed by atoms with E-state index < -0.39 is 8.07 Å². The monoisotopic (exact) mass is 907 g/mol. The number of benzene rings is 11. The standard InChI is InChI=1S/C66H45N3Si/c1-5-22-46(23-6-1)47-42-43-60-56(44-47)53-32-13-16-35-57(53)68(60)62-39-21-41-64-66(62)55-34-15-18-37-59(55)69(64)63-40-20-38-61-65(63)54-33-14-17-36-58(54)67(61)48-24-19-31-52(45-48)70(49-25-7-2-8-26-49,50-27-9-3-10-28-50)51-29-11-4-12-30-51/h1-45H. The van der Waals surface area contributed by atoms with Crippen molar-refractivity contribution in [3.8, 4) is 28.2 Å². The van der Waals surface area contributed by atoms with Crippen molar-refractivity contribution >= 4 is 94.2 Å². The maximum Gasteiger partial charge on any atom is 0.179 e. The molecule has 0 atom stereocenters. The van der Waals surface area contributed by atoms with Crippen molar-refractivity contribution in [3.05, 3.63) is 273 Å². The lowest BCUT2D eigenvalue weighted by Crippen LogP contribution is -2.74. The molecule has 328 valence electrons. The molecule has 0 spiro atoms. The van der Waals surface area contributed by atoms with Crippen LogP contribution in [-0.4, -0.2) is 21.8 Å². The van der Waals surface area contributed by atoms with Gasteiger partial charge in [0.05, 0.1) is 44.5 Å². The maximum absolute atomic E-state index is 2.80. The quantitative estimate of drug-likeness (QED) is 0.107. The predicted octanol–water partition coefficient (Wildman–Crippen LogP) is 14.0. The fourth-order valence-corrected chi connectivity index (χ4v) is 16.7. The topological polar surface area (TPSA) is 14.8 Å². The lowest BCUT2D eigenvalue weighted by Gasteiger charge is -2.34. The van der Waals surface area contributed by atoms with Crippen molar-refractivity contribution in [2.45, 2.75) is 0 Å². The van der Waals surface area contributed by atoms with Crippen molar-refractivity contribution < 1.29 is 0 Å². The number of hydrogen-bond donors (Lipinski definition) is 0. The normalized spacial score (nSPS) is 12.0. The lowest BCUT2D eigenvalue weighted by molar-refractivity contribution is 1.17. The van der Waals surface area contributed by atoms with E-state index in [0.29, 0.717) is 0 Å². The zero-order valence-electron chi connectivity index (χ0n) is 38.3. The summed E-state index contributed by atoms with van der Waals surface area (Å²) in [5.74, 6) is 0. The van der Waals surface area contributed by atoms with Gasteiger partial charge in [0.15, 0.2) is 8.07 Å². The van der Waals surface area contributed by atoms with Crippen LogP contribution >= 0.6 is 0 Å². The van der Waals surface area contributed by atoms with Gasteiger partial charge in [-0.05, 0) is 98.6 Å². The first-order valence-corrected chi connectivity index (χ1v) is 26.2. The van der Waals surface area contributed by atoms with E-state index in [-0.39, 0.29) is 0 Å². The van der Waals surface area contributed by atoms with Gasteiger partial charge in [0, 0.05) is 38.0 Å².